The van der Waals surface area contributed by atoms with E-state index in [1.54, 1.807) is 0 Å². The Morgan fingerprint density at radius 2 is 1.68 bits per heavy atom. The number of ether oxygens (including phenoxy) is 1. The molecular formula is C26H38O2. The van der Waals surface area contributed by atoms with E-state index in [9.17, 15) is 4.79 Å². The van der Waals surface area contributed by atoms with E-state index in [2.05, 4.69) is 32.1 Å². The van der Waals surface area contributed by atoms with Crippen LogP contribution in [0.3, 0.4) is 0 Å². The molecule has 0 bridgehead atoms. The lowest BCUT2D eigenvalue weighted by molar-refractivity contribution is 0.0161. The van der Waals surface area contributed by atoms with Crippen molar-refractivity contribution in [1.82, 2.24) is 0 Å². The van der Waals surface area contributed by atoms with Crippen molar-refractivity contribution >= 4 is 11.5 Å². The third kappa shape index (κ3) is 5.96. The molecule has 0 spiro atoms. The molecule has 1 aromatic carbocycles. The molecule has 1 atom stereocenters. The predicted molar refractivity (Wildman–Crippen MR) is 117 cm³/mol. The van der Waals surface area contributed by atoms with Gasteiger partial charge in [-0.3, -0.25) is 0 Å². The van der Waals surface area contributed by atoms with Crippen LogP contribution in [-0.4, -0.2) is 12.1 Å². The maximum absolute atomic E-state index is 12.5. The molecule has 2 heteroatoms. The summed E-state index contributed by atoms with van der Waals surface area (Å²) in [5, 5.41) is 0. The molecule has 3 rings (SSSR count). The molecule has 1 fully saturated rings. The summed E-state index contributed by atoms with van der Waals surface area (Å²) in [5.41, 5.74) is 3.40. The van der Waals surface area contributed by atoms with Gasteiger partial charge in [-0.2, -0.15) is 0 Å². The zero-order valence-corrected chi connectivity index (χ0v) is 17.9. The van der Waals surface area contributed by atoms with E-state index in [4.69, 9.17) is 4.74 Å². The third-order valence-corrected chi connectivity index (χ3v) is 6.74. The van der Waals surface area contributed by atoms with Gasteiger partial charge in [0, 0.05) is 0 Å². The highest BCUT2D eigenvalue weighted by molar-refractivity contribution is 5.90. The Morgan fingerprint density at radius 3 is 2.29 bits per heavy atom. The topological polar surface area (TPSA) is 26.3 Å². The summed E-state index contributed by atoms with van der Waals surface area (Å²) >= 11 is 0. The SMILES string of the molecule is CCCC[C@H]1CC[C@H](OC(=O)c2ccc(C3=CCC(CCC)CC3)cc2)CC1. The third-order valence-electron chi connectivity index (χ3n) is 6.74. The van der Waals surface area contributed by atoms with E-state index in [1.807, 2.05) is 12.1 Å². The maximum atomic E-state index is 12.5. The van der Waals surface area contributed by atoms with Gasteiger partial charge in [0.25, 0.3) is 0 Å². The molecule has 0 saturated heterocycles. The van der Waals surface area contributed by atoms with Crippen molar-refractivity contribution in [2.45, 2.75) is 97.0 Å². The highest BCUT2D eigenvalue weighted by Crippen LogP contribution is 2.33. The highest BCUT2D eigenvalue weighted by Gasteiger charge is 2.24. The van der Waals surface area contributed by atoms with Crippen molar-refractivity contribution in [3.05, 3.63) is 41.5 Å². The van der Waals surface area contributed by atoms with Crippen molar-refractivity contribution in [3.8, 4) is 0 Å². The van der Waals surface area contributed by atoms with Gasteiger partial charge in [-0.1, -0.05) is 64.2 Å². The summed E-state index contributed by atoms with van der Waals surface area (Å²) in [6.45, 7) is 4.53. The molecule has 0 amide bonds. The Kier molecular flexibility index (Phi) is 8.18. The van der Waals surface area contributed by atoms with Crippen molar-refractivity contribution in [3.63, 3.8) is 0 Å². The number of unbranched alkanes of at least 4 members (excludes halogenated alkanes) is 1. The molecule has 154 valence electrons. The van der Waals surface area contributed by atoms with Crippen molar-refractivity contribution < 1.29 is 9.53 Å². The smallest absolute Gasteiger partial charge is 0.338 e. The lowest BCUT2D eigenvalue weighted by Gasteiger charge is -2.28. The van der Waals surface area contributed by atoms with E-state index >= 15 is 0 Å². The van der Waals surface area contributed by atoms with Crippen LogP contribution in [0, 0.1) is 11.8 Å². The Morgan fingerprint density at radius 1 is 0.929 bits per heavy atom. The second-order valence-electron chi connectivity index (χ2n) is 8.93. The fourth-order valence-corrected chi connectivity index (χ4v) is 4.89. The second kappa shape index (κ2) is 10.8. The van der Waals surface area contributed by atoms with Crippen LogP contribution in [0.5, 0.6) is 0 Å². The quantitative estimate of drug-likeness (QED) is 0.433. The van der Waals surface area contributed by atoms with Crippen molar-refractivity contribution in [2.24, 2.45) is 11.8 Å². The van der Waals surface area contributed by atoms with Crippen LogP contribution in [-0.2, 0) is 4.74 Å². The Labute approximate surface area is 171 Å². The van der Waals surface area contributed by atoms with Gasteiger partial charge in [0.2, 0.25) is 0 Å². The van der Waals surface area contributed by atoms with Crippen molar-refractivity contribution in [2.75, 3.05) is 0 Å². The minimum atomic E-state index is -0.149. The first-order chi connectivity index (χ1) is 13.7. The number of hydrogen-bond donors (Lipinski definition) is 0. The van der Waals surface area contributed by atoms with Gasteiger partial charge in [0.05, 0.1) is 5.56 Å². The molecule has 0 aliphatic heterocycles. The Balaban J connectivity index is 1.48. The van der Waals surface area contributed by atoms with Crippen molar-refractivity contribution in [1.29, 1.82) is 0 Å². The first-order valence-corrected chi connectivity index (χ1v) is 11.7. The zero-order chi connectivity index (χ0) is 19.8. The molecule has 2 nitrogen and oxygen atoms in total. The van der Waals surface area contributed by atoms with Crippen LogP contribution in [0.1, 0.15) is 107 Å². The predicted octanol–water partition coefficient (Wildman–Crippen LogP) is 7.58. The summed E-state index contributed by atoms with van der Waals surface area (Å²) in [6.07, 6.45) is 17.2. The second-order valence-corrected chi connectivity index (χ2v) is 8.93. The van der Waals surface area contributed by atoms with Crippen LogP contribution in [0.15, 0.2) is 30.3 Å². The molecular weight excluding hydrogens is 344 g/mol. The zero-order valence-electron chi connectivity index (χ0n) is 17.9. The fraction of sp³-hybridized carbons (Fsp3) is 0.654. The van der Waals surface area contributed by atoms with E-state index in [0.717, 1.165) is 31.1 Å². The summed E-state index contributed by atoms with van der Waals surface area (Å²) in [4.78, 5) is 12.5. The van der Waals surface area contributed by atoms with Gasteiger partial charge < -0.3 is 4.74 Å². The van der Waals surface area contributed by atoms with E-state index in [0.29, 0.717) is 5.56 Å². The number of carbonyl (C=O) groups is 1. The minimum Gasteiger partial charge on any atom is -0.459 e. The van der Waals surface area contributed by atoms with Gasteiger partial charge in [-0.05, 0) is 80.1 Å². The first kappa shape index (κ1) is 21.1. The summed E-state index contributed by atoms with van der Waals surface area (Å²) in [6, 6.07) is 8.10. The number of esters is 1. The van der Waals surface area contributed by atoms with E-state index in [-0.39, 0.29) is 12.1 Å². The van der Waals surface area contributed by atoms with Crippen LogP contribution in [0.2, 0.25) is 0 Å². The number of carbonyl (C=O) groups excluding carboxylic acids is 1. The molecule has 28 heavy (non-hydrogen) atoms. The minimum absolute atomic E-state index is 0.113. The van der Waals surface area contributed by atoms with Gasteiger partial charge in [0.1, 0.15) is 6.10 Å². The molecule has 0 radical (unpaired) electrons. The fourth-order valence-electron chi connectivity index (χ4n) is 4.89. The van der Waals surface area contributed by atoms with Crippen LogP contribution >= 0.6 is 0 Å². The number of benzene rings is 1. The summed E-state index contributed by atoms with van der Waals surface area (Å²) in [7, 11) is 0. The molecule has 2 aliphatic carbocycles. The average molecular weight is 383 g/mol. The molecule has 0 heterocycles. The standard InChI is InChI=1S/C26H38O2/c1-3-5-7-21-10-18-25(19-11-21)28-26(27)24-16-14-23(15-17-24)22-12-8-20(6-4-2)9-13-22/h12,14-17,20-21,25H,3-11,13,18-19H2,1-2H3/t20?,21-,25-. The number of rotatable bonds is 8. The van der Waals surface area contributed by atoms with Crippen LogP contribution < -0.4 is 0 Å². The summed E-state index contributed by atoms with van der Waals surface area (Å²) in [5.74, 6) is 1.55. The number of allylic oxidation sites excluding steroid dienone is 2. The Hall–Kier alpha value is -1.57. The summed E-state index contributed by atoms with van der Waals surface area (Å²) < 4.78 is 5.80. The van der Waals surface area contributed by atoms with E-state index in [1.165, 1.54) is 68.9 Å². The number of hydrogen-bond acceptors (Lipinski definition) is 2. The molecule has 0 aromatic heterocycles. The van der Waals surface area contributed by atoms with Gasteiger partial charge in [0.15, 0.2) is 0 Å². The Bertz CT molecular complexity index is 635. The largest absolute Gasteiger partial charge is 0.459 e. The lowest BCUT2D eigenvalue weighted by Crippen LogP contribution is -2.24. The molecule has 1 aromatic rings. The molecule has 2 aliphatic rings. The van der Waals surface area contributed by atoms with Crippen LogP contribution in [0.4, 0.5) is 0 Å². The van der Waals surface area contributed by atoms with Gasteiger partial charge >= 0.3 is 5.97 Å². The normalized spacial score (nSPS) is 25.2. The highest BCUT2D eigenvalue weighted by atomic mass is 16.5. The van der Waals surface area contributed by atoms with Gasteiger partial charge in [-0.25, -0.2) is 4.79 Å². The van der Waals surface area contributed by atoms with Crippen LogP contribution in [0.25, 0.3) is 5.57 Å². The lowest BCUT2D eigenvalue weighted by atomic mass is 9.84. The monoisotopic (exact) mass is 382 g/mol. The molecule has 0 N–H and O–H groups in total. The average Bonchev–Trinajstić information content (AvgIpc) is 2.74. The van der Waals surface area contributed by atoms with E-state index < -0.39 is 0 Å². The van der Waals surface area contributed by atoms with Gasteiger partial charge in [-0.15, -0.1) is 0 Å². The maximum Gasteiger partial charge on any atom is 0.338 e. The molecule has 1 unspecified atom stereocenters. The molecule has 1 saturated carbocycles. The first-order valence-electron chi connectivity index (χ1n) is 11.7.